The minimum atomic E-state index is -3.62. The van der Waals surface area contributed by atoms with E-state index in [0.717, 1.165) is 60.1 Å². The third-order valence-corrected chi connectivity index (χ3v) is 8.47. The van der Waals surface area contributed by atoms with Crippen LogP contribution in [0.25, 0.3) is 0 Å². The van der Waals surface area contributed by atoms with E-state index in [1.807, 2.05) is 66.7 Å². The minimum absolute atomic E-state index is 0.631. The third-order valence-electron chi connectivity index (χ3n) is 5.11. The summed E-state index contributed by atoms with van der Waals surface area (Å²) in [6.07, 6.45) is 5.62. The van der Waals surface area contributed by atoms with Gasteiger partial charge in [-0.1, -0.05) is 94.6 Å². The van der Waals surface area contributed by atoms with Crippen LogP contribution >= 0.6 is 18.2 Å². The summed E-state index contributed by atoms with van der Waals surface area (Å²) >= 11 is 1.21. The molecule has 32 heavy (non-hydrogen) atoms. The Morgan fingerprint density at radius 3 is 1.53 bits per heavy atom. The predicted octanol–water partition coefficient (Wildman–Crippen LogP) is 8.90. The van der Waals surface area contributed by atoms with Gasteiger partial charge in [0.25, 0.3) is 0 Å². The summed E-state index contributed by atoms with van der Waals surface area (Å²) in [4.78, 5) is 0.943. The van der Waals surface area contributed by atoms with Crippen molar-refractivity contribution in [1.29, 1.82) is 0 Å². The molecule has 0 aromatic heterocycles. The second kappa shape index (κ2) is 12.2. The van der Waals surface area contributed by atoms with Gasteiger partial charge in [0.05, 0.1) is 0 Å². The molecule has 3 nitrogen and oxygen atoms in total. The third kappa shape index (κ3) is 6.67. The van der Waals surface area contributed by atoms with E-state index < -0.39 is 6.80 Å². The van der Waals surface area contributed by atoms with Crippen molar-refractivity contribution in [2.45, 2.75) is 64.2 Å². The van der Waals surface area contributed by atoms with Gasteiger partial charge in [0.15, 0.2) is 0 Å². The zero-order valence-electron chi connectivity index (χ0n) is 19.3. The molecule has 0 aliphatic rings. The maximum atomic E-state index is 14.3. The van der Waals surface area contributed by atoms with E-state index in [2.05, 4.69) is 26.8 Å². The van der Waals surface area contributed by atoms with Gasteiger partial charge < -0.3 is 9.05 Å². The summed E-state index contributed by atoms with van der Waals surface area (Å²) in [6, 6.07) is 23.7. The Hall–Kier alpha value is -2.16. The number of para-hydroxylation sites is 2. The average Bonchev–Trinajstić information content (AvgIpc) is 2.78. The Labute approximate surface area is 196 Å². The van der Waals surface area contributed by atoms with Crippen molar-refractivity contribution in [2.24, 2.45) is 0 Å². The molecule has 0 atom stereocenters. The maximum Gasteiger partial charge on any atom is 0.497 e. The molecule has 0 aliphatic heterocycles. The maximum absolute atomic E-state index is 14.3. The minimum Gasteiger partial charge on any atom is -0.408 e. The summed E-state index contributed by atoms with van der Waals surface area (Å²) in [6.45, 7) is 2.79. The Morgan fingerprint density at radius 1 is 0.625 bits per heavy atom. The van der Waals surface area contributed by atoms with E-state index in [-0.39, 0.29) is 0 Å². The normalized spacial score (nSPS) is 11.3. The van der Waals surface area contributed by atoms with Crippen molar-refractivity contribution < 1.29 is 13.6 Å². The summed E-state index contributed by atoms with van der Waals surface area (Å²) in [5, 5.41) is 0. The van der Waals surface area contributed by atoms with E-state index in [0.29, 0.717) is 11.5 Å². The highest BCUT2D eigenvalue weighted by molar-refractivity contribution is 8.55. The quantitative estimate of drug-likeness (QED) is 0.249. The first-order valence-corrected chi connectivity index (χ1v) is 14.5. The molecule has 0 saturated carbocycles. The highest BCUT2D eigenvalue weighted by atomic mass is 32.7. The molecule has 0 fully saturated rings. The molecule has 0 bridgehead atoms. The van der Waals surface area contributed by atoms with Gasteiger partial charge in [-0.05, 0) is 54.2 Å². The molecule has 170 valence electrons. The zero-order chi connectivity index (χ0) is 22.8. The molecule has 0 radical (unpaired) electrons. The van der Waals surface area contributed by atoms with Crippen molar-refractivity contribution in [3.05, 3.63) is 89.5 Å². The van der Waals surface area contributed by atoms with Crippen LogP contribution in [0.1, 0.15) is 56.7 Å². The second-order valence-corrected chi connectivity index (χ2v) is 11.6. The molecular formula is C27H33O3PS. The van der Waals surface area contributed by atoms with E-state index in [4.69, 9.17) is 9.05 Å². The summed E-state index contributed by atoms with van der Waals surface area (Å²) in [5.74, 6) is 1.26. The van der Waals surface area contributed by atoms with Crippen LogP contribution in [0.4, 0.5) is 0 Å². The highest BCUT2D eigenvalue weighted by Gasteiger charge is 2.33. The van der Waals surface area contributed by atoms with Crippen LogP contribution in [-0.4, -0.2) is 0 Å². The van der Waals surface area contributed by atoms with Crippen LogP contribution in [0, 0.1) is 0 Å². The van der Waals surface area contributed by atoms with Crippen LogP contribution < -0.4 is 9.05 Å². The van der Waals surface area contributed by atoms with Crippen molar-refractivity contribution in [1.82, 2.24) is 0 Å². The van der Waals surface area contributed by atoms with E-state index >= 15 is 0 Å². The van der Waals surface area contributed by atoms with Gasteiger partial charge in [-0.15, -0.1) is 0 Å². The first-order valence-electron chi connectivity index (χ1n) is 11.5. The van der Waals surface area contributed by atoms with Gasteiger partial charge in [0.2, 0.25) is 0 Å². The fourth-order valence-corrected chi connectivity index (χ4v) is 7.20. The fraction of sp³-hybridized carbons (Fsp3) is 0.333. The fourth-order valence-electron chi connectivity index (χ4n) is 3.62. The number of aryl methyl sites for hydroxylation is 3. The molecule has 0 unspecified atom stereocenters. The van der Waals surface area contributed by atoms with E-state index in [1.165, 1.54) is 11.4 Å². The van der Waals surface area contributed by atoms with Crippen molar-refractivity contribution >= 4 is 18.2 Å². The smallest absolute Gasteiger partial charge is 0.408 e. The van der Waals surface area contributed by atoms with Gasteiger partial charge in [-0.25, -0.2) is 4.57 Å². The number of hydrogen-bond acceptors (Lipinski definition) is 4. The predicted molar refractivity (Wildman–Crippen MR) is 136 cm³/mol. The molecule has 3 rings (SSSR count). The van der Waals surface area contributed by atoms with Crippen LogP contribution in [0.5, 0.6) is 11.5 Å². The Balaban J connectivity index is 2.01. The van der Waals surface area contributed by atoms with Crippen LogP contribution in [-0.2, 0) is 23.8 Å². The summed E-state index contributed by atoms with van der Waals surface area (Å²) < 4.78 is 26.8. The Morgan fingerprint density at radius 2 is 1.03 bits per heavy atom. The van der Waals surface area contributed by atoms with E-state index in [9.17, 15) is 4.57 Å². The van der Waals surface area contributed by atoms with Crippen LogP contribution in [0.2, 0.25) is 0 Å². The van der Waals surface area contributed by atoms with Crippen LogP contribution in [0.15, 0.2) is 77.7 Å². The molecule has 3 aromatic rings. The van der Waals surface area contributed by atoms with Crippen molar-refractivity contribution in [3.63, 3.8) is 0 Å². The molecule has 0 N–H and O–H groups in total. The molecule has 0 spiro atoms. The SMILES string of the molecule is CCCc1ccccc1OP(=O)(Oc1ccccc1CCC)Sc1ccccc1CCC. The number of hydrogen-bond donors (Lipinski definition) is 0. The molecular weight excluding hydrogens is 435 g/mol. The molecule has 3 aromatic carbocycles. The van der Waals surface area contributed by atoms with Gasteiger partial charge in [0.1, 0.15) is 11.5 Å². The van der Waals surface area contributed by atoms with Crippen molar-refractivity contribution in [2.75, 3.05) is 0 Å². The lowest BCUT2D eigenvalue weighted by molar-refractivity contribution is 0.404. The first-order chi connectivity index (χ1) is 15.6. The largest absolute Gasteiger partial charge is 0.497 e. The highest BCUT2D eigenvalue weighted by Crippen LogP contribution is 2.63. The molecule has 0 saturated heterocycles. The van der Waals surface area contributed by atoms with Gasteiger partial charge in [-0.2, -0.15) is 0 Å². The standard InChI is InChI=1S/C27H33O3PS/c1-4-13-22-16-7-10-19-25(22)29-31(28,30-26-20-11-8-17-23(26)14-5-2)32-27-21-12-9-18-24(27)15-6-3/h7-12,16-21H,4-6,13-15H2,1-3H3. The average molecular weight is 469 g/mol. The molecule has 0 amide bonds. The lowest BCUT2D eigenvalue weighted by Crippen LogP contribution is -2.03. The Bertz CT molecular complexity index is 918. The summed E-state index contributed by atoms with van der Waals surface area (Å²) in [5.41, 5.74) is 3.25. The summed E-state index contributed by atoms with van der Waals surface area (Å²) in [7, 11) is 0. The topological polar surface area (TPSA) is 35.5 Å². The number of benzene rings is 3. The molecule has 5 heteroatoms. The number of rotatable bonds is 12. The molecule has 0 aliphatic carbocycles. The van der Waals surface area contributed by atoms with Crippen molar-refractivity contribution in [3.8, 4) is 11.5 Å². The van der Waals surface area contributed by atoms with Crippen LogP contribution in [0.3, 0.4) is 0 Å². The first kappa shape index (κ1) is 24.5. The van der Waals surface area contributed by atoms with Gasteiger partial charge in [0, 0.05) is 16.3 Å². The lowest BCUT2D eigenvalue weighted by Gasteiger charge is -2.22. The Kier molecular flexibility index (Phi) is 9.32. The lowest BCUT2D eigenvalue weighted by atomic mass is 10.1. The second-order valence-electron chi connectivity index (χ2n) is 7.79. The molecule has 0 heterocycles. The van der Waals surface area contributed by atoms with E-state index in [1.54, 1.807) is 0 Å². The monoisotopic (exact) mass is 468 g/mol. The van der Waals surface area contributed by atoms with Gasteiger partial charge in [-0.3, -0.25) is 0 Å². The zero-order valence-corrected chi connectivity index (χ0v) is 21.0. The van der Waals surface area contributed by atoms with Gasteiger partial charge >= 0.3 is 6.80 Å².